The second-order valence-electron chi connectivity index (χ2n) is 1.33. The Balaban J connectivity index is 5.87. The van der Waals surface area contributed by atoms with Gasteiger partial charge in [0, 0.05) is 0 Å². The number of rotatable bonds is 1. The maximum atomic E-state index is 10.3. The van der Waals surface area contributed by atoms with Gasteiger partial charge < -0.3 is 0 Å². The molecular weight excluding hydrogens is 261 g/mol. The van der Waals surface area contributed by atoms with E-state index in [9.17, 15) is 7.67 Å². The van der Waals surface area contributed by atoms with E-state index in [0.29, 0.717) is 0 Å². The molecule has 0 aliphatic rings. The molecule has 0 atom stereocenters. The fourth-order valence-electron chi connectivity index (χ4n) is 0. The molecule has 4 nitrogen and oxygen atoms in total. The van der Waals surface area contributed by atoms with Gasteiger partial charge in [0.05, 0.1) is 0 Å². The van der Waals surface area contributed by atoms with Gasteiger partial charge in [-0.1, -0.05) is 0 Å². The predicted octanol–water partition coefficient (Wildman–Crippen LogP) is 1.89. The summed E-state index contributed by atoms with van der Waals surface area (Å²) in [6.45, 7) is 0. The van der Waals surface area contributed by atoms with E-state index in [0.717, 1.165) is 0 Å². The molecule has 0 aliphatic heterocycles. The Kier molecular flexibility index (Phi) is 1.30. The molecule has 0 saturated heterocycles. The van der Waals surface area contributed by atoms with Crippen LogP contribution in [-0.2, 0) is 18.5 Å². The van der Waals surface area contributed by atoms with Crippen molar-refractivity contribution < 1.29 is 22.7 Å². The van der Waals surface area contributed by atoms with Crippen LogP contribution in [0, 0.1) is 0 Å². The summed E-state index contributed by atoms with van der Waals surface area (Å²) in [4.78, 5) is 0. The Labute approximate surface area is 64.8 Å². The van der Waals surface area contributed by atoms with Gasteiger partial charge in [-0.3, -0.25) is 0 Å². The van der Waals surface area contributed by atoms with Gasteiger partial charge in [0.1, 0.15) is 0 Å². The van der Waals surface area contributed by atoms with Crippen LogP contribution in [0.1, 0.15) is 0 Å². The van der Waals surface area contributed by atoms with Crippen LogP contribution in [0.4, 0.5) is 0 Å². The minimum atomic E-state index is -8.29. The normalized spacial score (nSPS) is 25.2. The van der Waals surface area contributed by atoms with Crippen LogP contribution in [0.5, 0.6) is 0 Å². The third-order valence-electron chi connectivity index (χ3n) is 0.140. The molecule has 0 aromatic heterocycles. The van der Waals surface area contributed by atoms with Gasteiger partial charge >= 0.3 is 64.9 Å². The maximum absolute atomic E-state index is 10.3. The quantitative estimate of drug-likeness (QED) is 0.732. The van der Waals surface area contributed by atoms with E-state index in [-0.39, 0.29) is 0 Å². The standard InChI is InChI=1S/ClO.3ClH.Mn.H2O.2O/c1-2;;;;;;;/h;3*1H;;1H2;;/q-1;;;;+5;;;/p-4. The van der Waals surface area contributed by atoms with Crippen LogP contribution < -0.4 is 0 Å². The summed E-state index contributed by atoms with van der Waals surface area (Å²) in [7, 11) is 4.48. The molecular formula is HCl4MnO4. The summed E-state index contributed by atoms with van der Waals surface area (Å²) < 4.78 is 31.7. The molecule has 0 saturated carbocycles. The van der Waals surface area contributed by atoms with E-state index in [1.807, 2.05) is 0 Å². The van der Waals surface area contributed by atoms with Crippen molar-refractivity contribution in [2.24, 2.45) is 0 Å². The van der Waals surface area contributed by atoms with Crippen molar-refractivity contribution in [1.29, 1.82) is 0 Å². The average molecular weight is 262 g/mol. The second kappa shape index (κ2) is 1.15. The van der Waals surface area contributed by atoms with Crippen molar-refractivity contribution in [1.82, 2.24) is 0 Å². The molecule has 0 heterocycles. The number of hydrogen-bond donors (Lipinski definition) is 1. The molecule has 60 valence electrons. The Morgan fingerprint density at radius 1 is 1.22 bits per heavy atom. The Morgan fingerprint density at radius 3 is 1.33 bits per heavy atom. The van der Waals surface area contributed by atoms with Gasteiger partial charge in [0.15, 0.2) is 0 Å². The van der Waals surface area contributed by atoms with E-state index in [2.05, 4.69) is 45.5 Å². The summed E-state index contributed by atoms with van der Waals surface area (Å²) in [6.07, 6.45) is 0. The van der Waals surface area contributed by atoms with Crippen molar-refractivity contribution in [3.63, 3.8) is 0 Å². The molecule has 0 aliphatic carbocycles. The van der Waals surface area contributed by atoms with Crippen LogP contribution in [0.25, 0.3) is 0 Å². The topological polar surface area (TPSA) is 63.6 Å². The first-order chi connectivity index (χ1) is 3.24. The molecule has 0 bridgehead atoms. The van der Waals surface area contributed by atoms with Crippen molar-refractivity contribution in [2.45, 2.75) is 0 Å². The molecule has 0 rings (SSSR count). The summed E-state index contributed by atoms with van der Waals surface area (Å²) in [6, 6.07) is 0. The zero-order chi connectivity index (χ0) is 8.09. The van der Waals surface area contributed by atoms with Gasteiger partial charge in [0.2, 0.25) is 0 Å². The summed E-state index contributed by atoms with van der Waals surface area (Å²) in [5.74, 6) is 0. The predicted molar refractivity (Wildman–Crippen MR) is 28.1 cm³/mol. The summed E-state index contributed by atoms with van der Waals surface area (Å²) in [5.41, 5.74) is 0. The average Bonchev–Trinajstić information content (AvgIpc) is 1.27. The zero-order valence-corrected chi connectivity index (χ0v) is 7.77. The molecule has 9 heavy (non-hydrogen) atoms. The molecule has 9 heteroatoms. The Hall–Kier alpha value is 1.20. The third-order valence-corrected chi connectivity index (χ3v) is 3.37. The Bertz CT molecular complexity index is 293. The summed E-state index contributed by atoms with van der Waals surface area (Å²) in [5, 5.41) is 0. The van der Waals surface area contributed by atoms with Crippen LogP contribution in [0.2, 0.25) is 0 Å². The van der Waals surface area contributed by atoms with E-state index < -0.39 is 7.47 Å². The monoisotopic (exact) mass is 260 g/mol. The SMILES string of the molecule is [O]=[Mn](=[O])([OH])([Cl])([Cl])([Cl])[O]Cl. The van der Waals surface area contributed by atoms with Crippen molar-refractivity contribution >= 4 is 42.2 Å². The number of hydrogen-bond acceptors (Lipinski definition) is 3. The molecule has 0 amide bonds. The van der Waals surface area contributed by atoms with Gasteiger partial charge in [-0.05, 0) is 0 Å². The van der Waals surface area contributed by atoms with Crippen LogP contribution >= 0.6 is 42.2 Å². The molecule has 0 aromatic carbocycles. The minimum absolute atomic E-state index is 2.86. The molecule has 0 spiro atoms. The Morgan fingerprint density at radius 2 is 1.33 bits per heavy atom. The molecule has 0 aromatic rings. The summed E-state index contributed by atoms with van der Waals surface area (Å²) >= 11 is 4.20. The fraction of sp³-hybridized carbons (Fsp3) is 0. The van der Waals surface area contributed by atoms with E-state index in [1.54, 1.807) is 0 Å². The number of halogens is 4. The molecule has 0 fully saturated rings. The van der Waals surface area contributed by atoms with Gasteiger partial charge in [0.25, 0.3) is 0 Å². The molecule has 1 N–H and O–H groups in total. The second-order valence-corrected chi connectivity index (χ2v) is 17.2. The molecule has 0 radical (unpaired) electrons. The first-order valence-corrected chi connectivity index (χ1v) is 8.37. The van der Waals surface area contributed by atoms with Gasteiger partial charge in [-0.25, -0.2) is 0 Å². The van der Waals surface area contributed by atoms with Crippen molar-refractivity contribution in [3.05, 3.63) is 0 Å². The first-order valence-electron chi connectivity index (χ1n) is 1.21. The van der Waals surface area contributed by atoms with E-state index >= 15 is 0 Å². The van der Waals surface area contributed by atoms with E-state index in [1.165, 1.54) is 0 Å². The first kappa shape index (κ1) is 10.2. The van der Waals surface area contributed by atoms with Crippen molar-refractivity contribution in [2.75, 3.05) is 0 Å². The van der Waals surface area contributed by atoms with Crippen LogP contribution in [-0.4, -0.2) is 4.19 Å². The van der Waals surface area contributed by atoms with E-state index in [4.69, 9.17) is 4.19 Å². The third kappa shape index (κ3) is 9.20. The van der Waals surface area contributed by atoms with Crippen molar-refractivity contribution in [3.8, 4) is 0 Å². The van der Waals surface area contributed by atoms with Gasteiger partial charge in [-0.2, -0.15) is 0 Å². The van der Waals surface area contributed by atoms with Gasteiger partial charge in [-0.15, -0.1) is 0 Å². The van der Waals surface area contributed by atoms with Crippen LogP contribution in [0.3, 0.4) is 0 Å². The van der Waals surface area contributed by atoms with Crippen LogP contribution in [0.15, 0.2) is 0 Å². The molecule has 0 unspecified atom stereocenters. The fourth-order valence-corrected chi connectivity index (χ4v) is 0. The zero-order valence-electron chi connectivity index (χ0n) is 3.56.